The second-order valence-electron chi connectivity index (χ2n) is 12.0. The van der Waals surface area contributed by atoms with E-state index in [4.69, 9.17) is 14.2 Å². The summed E-state index contributed by atoms with van der Waals surface area (Å²) in [7, 11) is 0. The zero-order chi connectivity index (χ0) is 32.7. The van der Waals surface area contributed by atoms with E-state index in [0.29, 0.717) is 11.1 Å². The predicted molar refractivity (Wildman–Crippen MR) is 177 cm³/mol. The minimum absolute atomic E-state index is 0.209. The van der Waals surface area contributed by atoms with E-state index in [2.05, 4.69) is 13.8 Å². The van der Waals surface area contributed by atoms with Crippen LogP contribution in [0.3, 0.4) is 0 Å². The van der Waals surface area contributed by atoms with E-state index >= 15 is 0 Å². The monoisotopic (exact) mass is 626 g/mol. The molecule has 1 unspecified atom stereocenters. The number of hydrogen-bond donors (Lipinski definition) is 0. The Labute approximate surface area is 270 Å². The molecule has 2 aromatic carbocycles. The van der Waals surface area contributed by atoms with Crippen molar-refractivity contribution in [2.24, 2.45) is 0 Å². The largest absolute Gasteiger partial charge is 0.462 e. The zero-order valence-electron chi connectivity index (χ0n) is 27.8. The average molecular weight is 627 g/mol. The van der Waals surface area contributed by atoms with Crippen molar-refractivity contribution in [1.29, 1.82) is 0 Å². The lowest BCUT2D eigenvalue weighted by molar-refractivity contribution is -0.167. The van der Waals surface area contributed by atoms with Gasteiger partial charge in [-0.05, 0) is 37.0 Å². The van der Waals surface area contributed by atoms with Gasteiger partial charge in [-0.15, -0.1) is 0 Å². The van der Waals surface area contributed by atoms with Gasteiger partial charge in [0.15, 0.2) is 6.10 Å². The SMILES string of the molecule is CCCCCCCCCC(=O)OCC(COC(=O)CCCCCCCCC)OC(=O)C(C)c1ccc(-c2ccccc2)c(F)c1. The molecule has 0 aromatic heterocycles. The molecule has 0 radical (unpaired) electrons. The van der Waals surface area contributed by atoms with Crippen molar-refractivity contribution in [1.82, 2.24) is 0 Å². The second-order valence-corrected chi connectivity index (χ2v) is 12.0. The Hall–Kier alpha value is -3.22. The predicted octanol–water partition coefficient (Wildman–Crippen LogP) is 9.88. The molecule has 0 saturated heterocycles. The molecule has 0 aliphatic carbocycles. The summed E-state index contributed by atoms with van der Waals surface area (Å²) in [6.07, 6.45) is 14.8. The van der Waals surface area contributed by atoms with Gasteiger partial charge in [0.1, 0.15) is 19.0 Å². The highest BCUT2D eigenvalue weighted by Gasteiger charge is 2.25. The second kappa shape index (κ2) is 23.2. The van der Waals surface area contributed by atoms with Gasteiger partial charge in [-0.1, -0.05) is 133 Å². The highest BCUT2D eigenvalue weighted by atomic mass is 19.1. The van der Waals surface area contributed by atoms with Crippen LogP contribution >= 0.6 is 0 Å². The van der Waals surface area contributed by atoms with E-state index < -0.39 is 23.8 Å². The number of unbranched alkanes of at least 4 members (excludes halogenated alkanes) is 12. The topological polar surface area (TPSA) is 78.9 Å². The third-order valence-corrected chi connectivity index (χ3v) is 8.04. The van der Waals surface area contributed by atoms with Gasteiger partial charge in [-0.25, -0.2) is 4.39 Å². The van der Waals surface area contributed by atoms with Crippen molar-refractivity contribution in [3.63, 3.8) is 0 Å². The van der Waals surface area contributed by atoms with E-state index in [1.807, 2.05) is 30.3 Å². The molecule has 2 rings (SSSR count). The summed E-state index contributed by atoms with van der Waals surface area (Å²) < 4.78 is 31.5. The first-order valence-corrected chi connectivity index (χ1v) is 17.2. The maximum absolute atomic E-state index is 15.0. The van der Waals surface area contributed by atoms with Gasteiger partial charge in [0.25, 0.3) is 0 Å². The quantitative estimate of drug-likeness (QED) is 0.0656. The van der Waals surface area contributed by atoms with Crippen LogP contribution in [0.25, 0.3) is 11.1 Å². The molecule has 0 amide bonds. The average Bonchev–Trinajstić information content (AvgIpc) is 3.05. The van der Waals surface area contributed by atoms with Gasteiger partial charge in [0.05, 0.1) is 5.92 Å². The van der Waals surface area contributed by atoms with Gasteiger partial charge in [-0.2, -0.15) is 0 Å². The maximum Gasteiger partial charge on any atom is 0.313 e. The fraction of sp³-hybridized carbons (Fsp3) is 0.605. The number of benzene rings is 2. The zero-order valence-corrected chi connectivity index (χ0v) is 27.8. The number of ether oxygens (including phenoxy) is 3. The lowest BCUT2D eigenvalue weighted by atomic mass is 9.97. The van der Waals surface area contributed by atoms with Crippen LogP contribution in [0, 0.1) is 5.82 Å². The molecular formula is C38H55FO6. The smallest absolute Gasteiger partial charge is 0.313 e. The molecule has 2 aromatic rings. The Bertz CT molecular complexity index is 1080. The standard InChI is InChI=1S/C38H55FO6/c1-4-6-8-10-12-14-19-23-36(40)43-28-33(29-44-37(41)24-20-15-13-11-9-7-5-2)45-38(42)30(3)32-25-26-34(35(39)27-32)31-21-17-16-18-22-31/h16-18,21-22,25-27,30,33H,4-15,19-20,23-24,28-29H2,1-3H3. The first-order valence-electron chi connectivity index (χ1n) is 17.2. The number of halogens is 1. The Morgan fingerprint density at radius 2 is 1.16 bits per heavy atom. The van der Waals surface area contributed by atoms with Crippen molar-refractivity contribution in [2.75, 3.05) is 13.2 Å². The van der Waals surface area contributed by atoms with E-state index in [1.54, 1.807) is 19.1 Å². The van der Waals surface area contributed by atoms with Crippen molar-refractivity contribution in [3.8, 4) is 11.1 Å². The molecular weight excluding hydrogens is 571 g/mol. The molecule has 0 aliphatic rings. The van der Waals surface area contributed by atoms with Gasteiger partial charge in [0, 0.05) is 18.4 Å². The molecule has 7 heteroatoms. The molecule has 0 spiro atoms. The highest BCUT2D eigenvalue weighted by Crippen LogP contribution is 2.27. The van der Waals surface area contributed by atoms with Crippen LogP contribution in [0.15, 0.2) is 48.5 Å². The fourth-order valence-corrected chi connectivity index (χ4v) is 5.14. The number of carbonyl (C=O) groups excluding carboxylic acids is 3. The fourth-order valence-electron chi connectivity index (χ4n) is 5.14. The molecule has 0 saturated carbocycles. The van der Waals surface area contributed by atoms with Crippen LogP contribution in [0.4, 0.5) is 4.39 Å². The lowest BCUT2D eigenvalue weighted by Crippen LogP contribution is -2.32. The van der Waals surface area contributed by atoms with Crippen LogP contribution in [0.2, 0.25) is 0 Å². The minimum atomic E-state index is -0.954. The highest BCUT2D eigenvalue weighted by molar-refractivity contribution is 5.78. The molecule has 0 N–H and O–H groups in total. The Kier molecular flexibility index (Phi) is 19.5. The number of rotatable bonds is 24. The summed E-state index contributed by atoms with van der Waals surface area (Å²) in [5.74, 6) is -2.57. The summed E-state index contributed by atoms with van der Waals surface area (Å²) in [4.78, 5) is 37.9. The molecule has 0 heterocycles. The molecule has 0 aliphatic heterocycles. The summed E-state index contributed by atoms with van der Waals surface area (Å²) in [5.41, 5.74) is 1.65. The van der Waals surface area contributed by atoms with Crippen LogP contribution in [0.1, 0.15) is 135 Å². The molecule has 250 valence electrons. The number of carbonyl (C=O) groups is 3. The first kappa shape index (κ1) is 38.0. The summed E-state index contributed by atoms with van der Waals surface area (Å²) in [5, 5.41) is 0. The van der Waals surface area contributed by atoms with Crippen LogP contribution < -0.4 is 0 Å². The van der Waals surface area contributed by atoms with Gasteiger partial charge < -0.3 is 14.2 Å². The number of esters is 3. The van der Waals surface area contributed by atoms with E-state index in [-0.39, 0.29) is 38.0 Å². The van der Waals surface area contributed by atoms with Crippen LogP contribution in [0.5, 0.6) is 0 Å². The van der Waals surface area contributed by atoms with Gasteiger partial charge in [-0.3, -0.25) is 14.4 Å². The molecule has 6 nitrogen and oxygen atoms in total. The third kappa shape index (κ3) is 16.1. The lowest BCUT2D eigenvalue weighted by Gasteiger charge is -2.21. The maximum atomic E-state index is 15.0. The van der Waals surface area contributed by atoms with E-state index in [1.165, 1.54) is 57.4 Å². The molecule has 0 fully saturated rings. The Balaban J connectivity index is 1.91. The van der Waals surface area contributed by atoms with E-state index in [0.717, 1.165) is 44.1 Å². The van der Waals surface area contributed by atoms with Crippen molar-refractivity contribution < 1.29 is 33.0 Å². The molecule has 45 heavy (non-hydrogen) atoms. The summed E-state index contributed by atoms with van der Waals surface area (Å²) in [6.45, 7) is 5.58. The third-order valence-electron chi connectivity index (χ3n) is 8.04. The van der Waals surface area contributed by atoms with Crippen LogP contribution in [-0.2, 0) is 28.6 Å². The van der Waals surface area contributed by atoms with Crippen molar-refractivity contribution in [2.45, 2.75) is 136 Å². The van der Waals surface area contributed by atoms with Gasteiger partial charge >= 0.3 is 17.9 Å². The number of hydrogen-bond acceptors (Lipinski definition) is 6. The normalized spacial score (nSPS) is 11.8. The van der Waals surface area contributed by atoms with Gasteiger partial charge in [0.2, 0.25) is 0 Å². The van der Waals surface area contributed by atoms with E-state index in [9.17, 15) is 18.8 Å². The Morgan fingerprint density at radius 3 is 1.64 bits per heavy atom. The minimum Gasteiger partial charge on any atom is -0.462 e. The van der Waals surface area contributed by atoms with Crippen LogP contribution in [-0.4, -0.2) is 37.2 Å². The summed E-state index contributed by atoms with van der Waals surface area (Å²) in [6, 6.07) is 13.9. The Morgan fingerprint density at radius 1 is 0.667 bits per heavy atom. The molecule has 0 bridgehead atoms. The van der Waals surface area contributed by atoms with Crippen molar-refractivity contribution in [3.05, 3.63) is 59.9 Å². The molecule has 1 atom stereocenters. The first-order chi connectivity index (χ1) is 21.8. The summed E-state index contributed by atoms with van der Waals surface area (Å²) >= 11 is 0. The van der Waals surface area contributed by atoms with Crippen molar-refractivity contribution >= 4 is 17.9 Å².